The number of halogens is 3. The molecule has 1 aromatic carbocycles. The Morgan fingerprint density at radius 1 is 1.29 bits per heavy atom. The van der Waals surface area contributed by atoms with Crippen LogP contribution in [0.1, 0.15) is 29.9 Å². The minimum absolute atomic E-state index is 0.0356. The highest BCUT2D eigenvalue weighted by Crippen LogP contribution is 2.31. The minimum atomic E-state index is 0.0356. The van der Waals surface area contributed by atoms with Crippen molar-refractivity contribution >= 4 is 34.8 Å². The third-order valence-electron chi connectivity index (χ3n) is 3.44. The summed E-state index contributed by atoms with van der Waals surface area (Å²) in [7, 11) is 1.90. The van der Waals surface area contributed by atoms with Crippen molar-refractivity contribution in [2.24, 2.45) is 7.05 Å². The predicted molar refractivity (Wildman–Crippen MR) is 89.5 cm³/mol. The van der Waals surface area contributed by atoms with Gasteiger partial charge in [0.15, 0.2) is 0 Å². The Morgan fingerprint density at radius 2 is 2.00 bits per heavy atom. The molecule has 2 aromatic rings. The number of rotatable bonds is 5. The second-order valence-electron chi connectivity index (χ2n) is 4.95. The van der Waals surface area contributed by atoms with Crippen LogP contribution in [0.3, 0.4) is 0 Å². The molecular weight excluding hydrogens is 329 g/mol. The Labute approximate surface area is 140 Å². The number of aromatic nitrogens is 2. The number of aryl methyl sites for hydroxylation is 2. The molecule has 0 aliphatic carbocycles. The molecule has 6 heteroatoms. The van der Waals surface area contributed by atoms with Crippen LogP contribution in [0.4, 0.5) is 0 Å². The first-order valence-corrected chi connectivity index (χ1v) is 7.93. The molecule has 0 radical (unpaired) electrons. The third kappa shape index (κ3) is 3.72. The molecule has 21 heavy (non-hydrogen) atoms. The Kier molecular flexibility index (Phi) is 5.55. The summed E-state index contributed by atoms with van der Waals surface area (Å²) in [4.78, 5) is 0. The van der Waals surface area contributed by atoms with Crippen molar-refractivity contribution in [1.82, 2.24) is 15.1 Å². The van der Waals surface area contributed by atoms with Crippen LogP contribution in [0, 0.1) is 6.92 Å². The maximum atomic E-state index is 6.35. The molecule has 1 aromatic heterocycles. The normalized spacial score (nSPS) is 12.7. The largest absolute Gasteiger partial charge is 0.310 e. The number of nitrogens with one attached hydrogen (secondary N) is 1. The zero-order valence-corrected chi connectivity index (χ0v) is 14.5. The molecule has 0 spiro atoms. The smallest absolute Gasteiger partial charge is 0.0847 e. The highest BCUT2D eigenvalue weighted by molar-refractivity contribution is 6.33. The molecule has 0 saturated heterocycles. The summed E-state index contributed by atoms with van der Waals surface area (Å²) in [5, 5.41) is 9.86. The van der Waals surface area contributed by atoms with Gasteiger partial charge in [-0.15, -0.1) is 0 Å². The molecule has 0 saturated carbocycles. The number of likely N-dealkylation sites (N-methyl/N-ethyl adjacent to an activating group) is 1. The predicted octanol–water partition coefficient (Wildman–Crippen LogP) is 4.58. The summed E-state index contributed by atoms with van der Waals surface area (Å²) in [5.74, 6) is 0. The van der Waals surface area contributed by atoms with Crippen molar-refractivity contribution in [3.63, 3.8) is 0 Å². The first-order chi connectivity index (χ1) is 9.93. The van der Waals surface area contributed by atoms with Crippen LogP contribution in [-0.2, 0) is 13.5 Å². The zero-order valence-electron chi connectivity index (χ0n) is 12.3. The fraction of sp³-hybridized carbons (Fsp3) is 0.400. The van der Waals surface area contributed by atoms with E-state index in [0.717, 1.165) is 23.5 Å². The van der Waals surface area contributed by atoms with Gasteiger partial charge in [-0.3, -0.25) is 4.68 Å². The lowest BCUT2D eigenvalue weighted by Gasteiger charge is -2.20. The molecule has 0 fully saturated rings. The summed E-state index contributed by atoms with van der Waals surface area (Å²) >= 11 is 18.8. The minimum Gasteiger partial charge on any atom is -0.310 e. The average Bonchev–Trinajstić information content (AvgIpc) is 2.67. The average molecular weight is 347 g/mol. The molecule has 1 heterocycles. The Balaban J connectivity index is 2.37. The molecule has 0 aliphatic rings. The van der Waals surface area contributed by atoms with Gasteiger partial charge in [-0.05, 0) is 37.2 Å². The molecule has 114 valence electrons. The van der Waals surface area contributed by atoms with Crippen LogP contribution in [0.15, 0.2) is 18.2 Å². The van der Waals surface area contributed by atoms with E-state index in [-0.39, 0.29) is 6.04 Å². The first-order valence-electron chi connectivity index (χ1n) is 6.80. The van der Waals surface area contributed by atoms with Gasteiger partial charge >= 0.3 is 0 Å². The molecule has 0 aliphatic heterocycles. The maximum absolute atomic E-state index is 6.35. The van der Waals surface area contributed by atoms with Gasteiger partial charge in [0.2, 0.25) is 0 Å². The van der Waals surface area contributed by atoms with E-state index in [0.29, 0.717) is 21.5 Å². The molecule has 1 atom stereocenters. The monoisotopic (exact) mass is 345 g/mol. The SMILES string of the molecule is CCNC(Cc1c(Cl)c(C)nn1C)c1cc(Cl)ccc1Cl. The first kappa shape index (κ1) is 16.6. The molecule has 0 amide bonds. The van der Waals surface area contributed by atoms with E-state index in [4.69, 9.17) is 34.8 Å². The lowest BCUT2D eigenvalue weighted by molar-refractivity contribution is 0.529. The lowest BCUT2D eigenvalue weighted by atomic mass is 10.0. The van der Waals surface area contributed by atoms with Crippen LogP contribution < -0.4 is 5.32 Å². The quantitative estimate of drug-likeness (QED) is 0.858. The van der Waals surface area contributed by atoms with E-state index < -0.39 is 0 Å². The van der Waals surface area contributed by atoms with Crippen molar-refractivity contribution < 1.29 is 0 Å². The summed E-state index contributed by atoms with van der Waals surface area (Å²) in [6.07, 6.45) is 0.698. The van der Waals surface area contributed by atoms with E-state index in [1.54, 1.807) is 6.07 Å². The van der Waals surface area contributed by atoms with E-state index in [1.165, 1.54) is 0 Å². The molecule has 2 rings (SSSR count). The number of nitrogens with zero attached hydrogens (tertiary/aromatic N) is 2. The topological polar surface area (TPSA) is 29.9 Å². The van der Waals surface area contributed by atoms with Crippen LogP contribution in [0.2, 0.25) is 15.1 Å². The standard InChI is InChI=1S/C15H18Cl3N3/c1-4-19-13(11-7-10(16)5-6-12(11)17)8-14-15(18)9(2)20-21(14)3/h5-7,13,19H,4,8H2,1-3H3. The van der Waals surface area contributed by atoms with Gasteiger partial charge in [-0.25, -0.2) is 0 Å². The van der Waals surface area contributed by atoms with Crippen LogP contribution in [0.25, 0.3) is 0 Å². The van der Waals surface area contributed by atoms with Gasteiger partial charge in [-0.1, -0.05) is 41.7 Å². The number of hydrogen-bond acceptors (Lipinski definition) is 2. The van der Waals surface area contributed by atoms with Crippen molar-refractivity contribution in [3.05, 3.63) is 50.2 Å². The van der Waals surface area contributed by atoms with E-state index in [1.807, 2.05) is 30.8 Å². The van der Waals surface area contributed by atoms with Crippen LogP contribution in [-0.4, -0.2) is 16.3 Å². The molecule has 1 N–H and O–H groups in total. The van der Waals surface area contributed by atoms with Crippen LogP contribution in [0.5, 0.6) is 0 Å². The summed E-state index contributed by atoms with van der Waals surface area (Å²) < 4.78 is 1.82. The highest BCUT2D eigenvalue weighted by atomic mass is 35.5. The van der Waals surface area contributed by atoms with E-state index >= 15 is 0 Å². The summed E-state index contributed by atoms with van der Waals surface area (Å²) in [5.41, 5.74) is 2.79. The highest BCUT2D eigenvalue weighted by Gasteiger charge is 2.20. The molecular formula is C15H18Cl3N3. The number of hydrogen-bond donors (Lipinski definition) is 1. The second kappa shape index (κ2) is 7.01. The molecule has 3 nitrogen and oxygen atoms in total. The van der Waals surface area contributed by atoms with Gasteiger partial charge < -0.3 is 5.32 Å². The summed E-state index contributed by atoms with van der Waals surface area (Å²) in [6.45, 7) is 4.78. The number of benzene rings is 1. The third-order valence-corrected chi connectivity index (χ3v) is 4.51. The van der Waals surface area contributed by atoms with Gasteiger partial charge in [-0.2, -0.15) is 5.10 Å². The Hall–Kier alpha value is -0.740. The van der Waals surface area contributed by atoms with Gasteiger partial charge in [0.1, 0.15) is 0 Å². The zero-order chi connectivity index (χ0) is 15.6. The van der Waals surface area contributed by atoms with E-state index in [2.05, 4.69) is 17.3 Å². The fourth-order valence-electron chi connectivity index (χ4n) is 2.42. The van der Waals surface area contributed by atoms with Crippen molar-refractivity contribution in [1.29, 1.82) is 0 Å². The molecule has 0 bridgehead atoms. The second-order valence-corrected chi connectivity index (χ2v) is 6.17. The fourth-order valence-corrected chi connectivity index (χ4v) is 3.08. The summed E-state index contributed by atoms with van der Waals surface area (Å²) in [6, 6.07) is 5.54. The van der Waals surface area contributed by atoms with E-state index in [9.17, 15) is 0 Å². The van der Waals surface area contributed by atoms with Gasteiger partial charge in [0.25, 0.3) is 0 Å². The Morgan fingerprint density at radius 3 is 2.57 bits per heavy atom. The Bertz CT molecular complexity index is 637. The van der Waals surface area contributed by atoms with Gasteiger partial charge in [0, 0.05) is 29.6 Å². The van der Waals surface area contributed by atoms with Crippen molar-refractivity contribution in [3.8, 4) is 0 Å². The van der Waals surface area contributed by atoms with Crippen molar-refractivity contribution in [2.75, 3.05) is 6.54 Å². The van der Waals surface area contributed by atoms with Crippen LogP contribution >= 0.6 is 34.8 Å². The van der Waals surface area contributed by atoms with Gasteiger partial charge in [0.05, 0.1) is 16.4 Å². The van der Waals surface area contributed by atoms with Crippen molar-refractivity contribution in [2.45, 2.75) is 26.3 Å². The molecule has 1 unspecified atom stereocenters. The maximum Gasteiger partial charge on any atom is 0.0847 e. The lowest BCUT2D eigenvalue weighted by Crippen LogP contribution is -2.24.